The first-order chi connectivity index (χ1) is 8.99. The quantitative estimate of drug-likeness (QED) is 0.753. The maximum Gasteiger partial charge on any atom is 0.233 e. The summed E-state index contributed by atoms with van der Waals surface area (Å²) in [5.41, 5.74) is 0.696. The summed E-state index contributed by atoms with van der Waals surface area (Å²) in [5.74, 6) is 0.403. The van der Waals surface area contributed by atoms with Gasteiger partial charge in [0, 0.05) is 21.6 Å². The molecule has 114 valence electrons. The minimum Gasteiger partial charge on any atom is -0.493 e. The van der Waals surface area contributed by atoms with Crippen molar-refractivity contribution in [1.82, 2.24) is 0 Å². The molecule has 0 saturated heterocycles. The maximum atomic E-state index is 11.3. The second-order valence-corrected chi connectivity index (χ2v) is 9.25. The van der Waals surface area contributed by atoms with E-state index in [0.717, 1.165) is 5.56 Å². The molecule has 0 N–H and O–H groups in total. The molecule has 0 bridgehead atoms. The van der Waals surface area contributed by atoms with Gasteiger partial charge in [-0.15, -0.1) is 0 Å². The van der Waals surface area contributed by atoms with Crippen molar-refractivity contribution in [3.8, 4) is 5.75 Å². The van der Waals surface area contributed by atoms with E-state index in [9.17, 15) is 8.42 Å². The molecule has 0 spiro atoms. The molecule has 3 nitrogen and oxygen atoms in total. The van der Waals surface area contributed by atoms with Crippen molar-refractivity contribution in [3.05, 3.63) is 28.8 Å². The van der Waals surface area contributed by atoms with Crippen molar-refractivity contribution < 1.29 is 13.2 Å². The predicted octanol–water partition coefficient (Wildman–Crippen LogP) is 4.26. The molecule has 20 heavy (non-hydrogen) atoms. The molecule has 0 heterocycles. The smallest absolute Gasteiger partial charge is 0.233 e. The SMILES string of the molecule is Cc1cc(Cl)ccc1OCC(CS(=O)(=O)Cl)C(C)(C)C. The molecule has 1 aromatic rings. The van der Waals surface area contributed by atoms with Crippen LogP contribution in [-0.2, 0) is 9.05 Å². The normalized spacial score (nSPS) is 14.1. The molecule has 1 atom stereocenters. The second-order valence-electron chi connectivity index (χ2n) is 5.99. The van der Waals surface area contributed by atoms with Gasteiger partial charge in [0.25, 0.3) is 0 Å². The first kappa shape index (κ1) is 17.6. The molecule has 0 amide bonds. The van der Waals surface area contributed by atoms with Gasteiger partial charge in [0.1, 0.15) is 5.75 Å². The Morgan fingerprint density at radius 1 is 1.30 bits per heavy atom. The fraction of sp³-hybridized carbons (Fsp3) is 0.571. The van der Waals surface area contributed by atoms with Crippen molar-refractivity contribution in [3.63, 3.8) is 0 Å². The highest BCUT2D eigenvalue weighted by molar-refractivity contribution is 8.13. The molecule has 6 heteroatoms. The molecule has 0 aliphatic carbocycles. The fourth-order valence-electron chi connectivity index (χ4n) is 1.75. The summed E-state index contributed by atoms with van der Waals surface area (Å²) in [6.07, 6.45) is 0. The monoisotopic (exact) mass is 338 g/mol. The van der Waals surface area contributed by atoms with Crippen molar-refractivity contribution in [2.75, 3.05) is 12.4 Å². The highest BCUT2D eigenvalue weighted by Gasteiger charge is 2.29. The van der Waals surface area contributed by atoms with Gasteiger partial charge in [-0.25, -0.2) is 8.42 Å². The standard InChI is InChI=1S/C14H20Cl2O3S/c1-10-7-12(15)5-6-13(10)19-8-11(14(2,3)4)9-20(16,17)18/h5-7,11H,8-9H2,1-4H3. The molecule has 1 rings (SSSR count). The Morgan fingerprint density at radius 2 is 1.90 bits per heavy atom. The highest BCUT2D eigenvalue weighted by atomic mass is 35.7. The Labute approximate surface area is 130 Å². The average Bonchev–Trinajstić information content (AvgIpc) is 2.23. The zero-order valence-electron chi connectivity index (χ0n) is 12.1. The summed E-state index contributed by atoms with van der Waals surface area (Å²) >= 11 is 5.89. The summed E-state index contributed by atoms with van der Waals surface area (Å²) in [4.78, 5) is 0. The highest BCUT2D eigenvalue weighted by Crippen LogP contribution is 2.30. The summed E-state index contributed by atoms with van der Waals surface area (Å²) in [7, 11) is 1.81. The first-order valence-corrected chi connectivity index (χ1v) is 9.16. The van der Waals surface area contributed by atoms with E-state index in [0.29, 0.717) is 10.8 Å². The molecule has 0 aliphatic heterocycles. The third-order valence-corrected chi connectivity index (χ3v) is 4.62. The summed E-state index contributed by atoms with van der Waals surface area (Å²) in [6, 6.07) is 5.34. The van der Waals surface area contributed by atoms with Crippen LogP contribution in [-0.4, -0.2) is 20.8 Å². The van der Waals surface area contributed by atoms with Gasteiger partial charge in [-0.2, -0.15) is 0 Å². The lowest BCUT2D eigenvalue weighted by Gasteiger charge is -2.29. The number of aryl methyl sites for hydroxylation is 1. The lowest BCUT2D eigenvalue weighted by atomic mass is 9.82. The Morgan fingerprint density at radius 3 is 2.35 bits per heavy atom. The van der Waals surface area contributed by atoms with Crippen LogP contribution in [0, 0.1) is 18.3 Å². The van der Waals surface area contributed by atoms with Gasteiger partial charge in [0.05, 0.1) is 12.4 Å². The predicted molar refractivity (Wildman–Crippen MR) is 84.3 cm³/mol. The second kappa shape index (κ2) is 6.54. The third kappa shape index (κ3) is 5.90. The Balaban J connectivity index is 2.81. The van der Waals surface area contributed by atoms with E-state index in [1.165, 1.54) is 0 Å². The van der Waals surface area contributed by atoms with Crippen molar-refractivity contribution >= 4 is 31.3 Å². The van der Waals surface area contributed by atoms with E-state index in [4.69, 9.17) is 27.0 Å². The molecule has 0 aliphatic rings. The minimum absolute atomic E-state index is 0.106. The Hall–Kier alpha value is -0.450. The van der Waals surface area contributed by atoms with Gasteiger partial charge in [0.2, 0.25) is 9.05 Å². The number of benzene rings is 1. The van der Waals surface area contributed by atoms with Crippen LogP contribution >= 0.6 is 22.3 Å². The Kier molecular flexibility index (Phi) is 5.76. The van der Waals surface area contributed by atoms with Crippen LogP contribution in [0.15, 0.2) is 18.2 Å². The van der Waals surface area contributed by atoms with E-state index in [1.807, 2.05) is 27.7 Å². The number of ether oxygens (including phenoxy) is 1. The third-order valence-electron chi connectivity index (χ3n) is 3.20. The van der Waals surface area contributed by atoms with Gasteiger partial charge in [0.15, 0.2) is 0 Å². The molecule has 1 aromatic carbocycles. The maximum absolute atomic E-state index is 11.3. The van der Waals surface area contributed by atoms with E-state index in [-0.39, 0.29) is 23.7 Å². The first-order valence-electron chi connectivity index (χ1n) is 6.30. The van der Waals surface area contributed by atoms with Crippen LogP contribution in [0.25, 0.3) is 0 Å². The number of halogens is 2. The van der Waals surface area contributed by atoms with Crippen molar-refractivity contribution in [2.24, 2.45) is 11.3 Å². The van der Waals surface area contributed by atoms with E-state index < -0.39 is 9.05 Å². The topological polar surface area (TPSA) is 43.4 Å². The molecule has 0 radical (unpaired) electrons. The average molecular weight is 339 g/mol. The van der Waals surface area contributed by atoms with Crippen LogP contribution in [0.1, 0.15) is 26.3 Å². The van der Waals surface area contributed by atoms with E-state index >= 15 is 0 Å². The van der Waals surface area contributed by atoms with Gasteiger partial charge < -0.3 is 4.74 Å². The molecule has 0 fully saturated rings. The van der Waals surface area contributed by atoms with Crippen LogP contribution in [0.2, 0.25) is 5.02 Å². The number of hydrogen-bond acceptors (Lipinski definition) is 3. The zero-order valence-corrected chi connectivity index (χ0v) is 14.4. The van der Waals surface area contributed by atoms with Crippen LogP contribution < -0.4 is 4.74 Å². The molecule has 0 saturated carbocycles. The van der Waals surface area contributed by atoms with Crippen molar-refractivity contribution in [2.45, 2.75) is 27.7 Å². The summed E-state index contributed by atoms with van der Waals surface area (Å²) < 4.78 is 28.4. The lowest BCUT2D eigenvalue weighted by molar-refractivity contribution is 0.163. The number of hydrogen-bond donors (Lipinski definition) is 0. The number of rotatable bonds is 5. The van der Waals surface area contributed by atoms with Crippen LogP contribution in [0.5, 0.6) is 5.75 Å². The van der Waals surface area contributed by atoms with Gasteiger partial charge >= 0.3 is 0 Å². The zero-order chi connectivity index (χ0) is 15.6. The Bertz CT molecular complexity index is 562. The van der Waals surface area contributed by atoms with Gasteiger partial charge in [-0.05, 0) is 36.1 Å². The lowest BCUT2D eigenvalue weighted by Crippen LogP contribution is -2.31. The molecular weight excluding hydrogens is 319 g/mol. The molecular formula is C14H20Cl2O3S. The van der Waals surface area contributed by atoms with Gasteiger partial charge in [-0.1, -0.05) is 32.4 Å². The summed E-state index contributed by atoms with van der Waals surface area (Å²) in [6.45, 7) is 8.09. The molecule has 0 aromatic heterocycles. The minimum atomic E-state index is -3.56. The van der Waals surface area contributed by atoms with E-state index in [1.54, 1.807) is 18.2 Å². The van der Waals surface area contributed by atoms with Gasteiger partial charge in [-0.3, -0.25) is 0 Å². The fourth-order valence-corrected chi connectivity index (χ4v) is 3.51. The van der Waals surface area contributed by atoms with Crippen molar-refractivity contribution in [1.29, 1.82) is 0 Å². The largest absolute Gasteiger partial charge is 0.493 e. The molecule has 1 unspecified atom stereocenters. The van der Waals surface area contributed by atoms with Crippen LogP contribution in [0.4, 0.5) is 0 Å². The summed E-state index contributed by atoms with van der Waals surface area (Å²) in [5, 5.41) is 0.644. The van der Waals surface area contributed by atoms with E-state index in [2.05, 4.69) is 0 Å². The van der Waals surface area contributed by atoms with Crippen LogP contribution in [0.3, 0.4) is 0 Å².